The van der Waals surface area contributed by atoms with Crippen molar-refractivity contribution < 1.29 is 14.3 Å². The van der Waals surface area contributed by atoms with E-state index in [1.807, 2.05) is 35.2 Å². The van der Waals surface area contributed by atoms with Crippen LogP contribution in [-0.2, 0) is 4.74 Å². The summed E-state index contributed by atoms with van der Waals surface area (Å²) in [7, 11) is 0. The van der Waals surface area contributed by atoms with Gasteiger partial charge in [-0.1, -0.05) is 18.2 Å². The topological polar surface area (TPSA) is 87.7 Å². The first-order valence-electron chi connectivity index (χ1n) is 8.52. The molecule has 1 N–H and O–H groups in total. The highest BCUT2D eigenvalue weighted by atomic mass is 16.6. The Morgan fingerprint density at radius 1 is 1.12 bits per heavy atom. The molecule has 2 heterocycles. The Morgan fingerprint density at radius 3 is 2.54 bits per heavy atom. The first-order chi connectivity index (χ1) is 12.7. The lowest BCUT2D eigenvalue weighted by Crippen LogP contribution is -2.49. The van der Waals surface area contributed by atoms with E-state index in [2.05, 4.69) is 15.3 Å². The molecule has 136 valence electrons. The summed E-state index contributed by atoms with van der Waals surface area (Å²) in [5.74, 6) is 0.381. The van der Waals surface area contributed by atoms with E-state index in [9.17, 15) is 9.59 Å². The Labute approximate surface area is 151 Å². The van der Waals surface area contributed by atoms with Gasteiger partial charge in [-0.3, -0.25) is 4.79 Å². The van der Waals surface area contributed by atoms with Gasteiger partial charge in [0.25, 0.3) is 5.91 Å². The SMILES string of the molecule is CCOC(=O)N1CCN(c2cc(C(=O)Nc3ccccc3)ncn2)CC1. The Hall–Kier alpha value is -3.16. The lowest BCUT2D eigenvalue weighted by Gasteiger charge is -2.34. The molecule has 8 heteroatoms. The average molecular weight is 355 g/mol. The predicted molar refractivity (Wildman–Crippen MR) is 97.2 cm³/mol. The zero-order valence-corrected chi connectivity index (χ0v) is 14.6. The Bertz CT molecular complexity index is 760. The predicted octanol–water partition coefficient (Wildman–Crippen LogP) is 2.01. The fourth-order valence-electron chi connectivity index (χ4n) is 2.69. The third-order valence-electron chi connectivity index (χ3n) is 4.05. The van der Waals surface area contributed by atoms with Gasteiger partial charge in [0, 0.05) is 37.9 Å². The number of nitrogens with zero attached hydrogens (tertiary/aromatic N) is 4. The van der Waals surface area contributed by atoms with Crippen molar-refractivity contribution in [1.82, 2.24) is 14.9 Å². The third kappa shape index (κ3) is 4.27. The Kier molecular flexibility index (Phi) is 5.62. The summed E-state index contributed by atoms with van der Waals surface area (Å²) in [5.41, 5.74) is 1.01. The van der Waals surface area contributed by atoms with Gasteiger partial charge in [-0.25, -0.2) is 14.8 Å². The zero-order valence-electron chi connectivity index (χ0n) is 14.6. The largest absolute Gasteiger partial charge is 0.450 e. The van der Waals surface area contributed by atoms with Crippen molar-refractivity contribution in [3.63, 3.8) is 0 Å². The average Bonchev–Trinajstić information content (AvgIpc) is 2.69. The maximum Gasteiger partial charge on any atom is 0.409 e. The highest BCUT2D eigenvalue weighted by Crippen LogP contribution is 2.15. The number of para-hydroxylation sites is 1. The minimum absolute atomic E-state index is 0.287. The number of nitrogens with one attached hydrogen (secondary N) is 1. The van der Waals surface area contributed by atoms with Crippen LogP contribution in [-0.4, -0.2) is 59.7 Å². The number of rotatable bonds is 4. The van der Waals surface area contributed by atoms with E-state index < -0.39 is 0 Å². The monoisotopic (exact) mass is 355 g/mol. The molecule has 0 aliphatic carbocycles. The van der Waals surface area contributed by atoms with Crippen LogP contribution in [0.4, 0.5) is 16.3 Å². The molecule has 1 aliphatic heterocycles. The minimum atomic E-state index is -0.294. The van der Waals surface area contributed by atoms with Crippen molar-refractivity contribution in [2.24, 2.45) is 0 Å². The molecule has 0 bridgehead atoms. The van der Waals surface area contributed by atoms with Gasteiger partial charge in [0.15, 0.2) is 0 Å². The number of ether oxygens (including phenoxy) is 1. The van der Waals surface area contributed by atoms with Gasteiger partial charge in [-0.15, -0.1) is 0 Å². The molecule has 26 heavy (non-hydrogen) atoms. The van der Waals surface area contributed by atoms with Crippen LogP contribution < -0.4 is 10.2 Å². The van der Waals surface area contributed by atoms with E-state index in [-0.39, 0.29) is 12.0 Å². The van der Waals surface area contributed by atoms with E-state index in [0.29, 0.717) is 50.0 Å². The molecule has 0 spiro atoms. The summed E-state index contributed by atoms with van der Waals surface area (Å²) in [6, 6.07) is 10.9. The number of hydrogen-bond donors (Lipinski definition) is 1. The van der Waals surface area contributed by atoms with Crippen LogP contribution in [0.1, 0.15) is 17.4 Å². The maximum atomic E-state index is 12.4. The maximum absolute atomic E-state index is 12.4. The summed E-state index contributed by atoms with van der Waals surface area (Å²) in [4.78, 5) is 36.2. The summed E-state index contributed by atoms with van der Waals surface area (Å²) in [5, 5.41) is 2.81. The highest BCUT2D eigenvalue weighted by Gasteiger charge is 2.23. The standard InChI is InChI=1S/C18H21N5O3/c1-2-26-18(25)23-10-8-22(9-11-23)16-12-15(19-13-20-16)17(24)21-14-6-4-3-5-7-14/h3-7,12-13H,2,8-11H2,1H3,(H,21,24). The number of anilines is 2. The lowest BCUT2D eigenvalue weighted by atomic mass is 10.2. The molecule has 0 atom stereocenters. The van der Waals surface area contributed by atoms with Crippen molar-refractivity contribution in [2.45, 2.75) is 6.92 Å². The molecule has 2 aromatic rings. The first-order valence-corrected chi connectivity index (χ1v) is 8.52. The quantitative estimate of drug-likeness (QED) is 0.903. The number of carbonyl (C=O) groups is 2. The van der Waals surface area contributed by atoms with Crippen molar-refractivity contribution in [2.75, 3.05) is 43.0 Å². The van der Waals surface area contributed by atoms with Gasteiger partial charge in [-0.05, 0) is 19.1 Å². The molecule has 1 aromatic heterocycles. The van der Waals surface area contributed by atoms with Crippen LogP contribution >= 0.6 is 0 Å². The molecule has 1 aromatic carbocycles. The summed E-state index contributed by atoms with van der Waals surface area (Å²) < 4.78 is 5.02. The Morgan fingerprint density at radius 2 is 1.85 bits per heavy atom. The zero-order chi connectivity index (χ0) is 18.4. The molecule has 1 fully saturated rings. The van der Waals surface area contributed by atoms with Crippen LogP contribution in [0, 0.1) is 0 Å². The molecular formula is C18H21N5O3. The van der Waals surface area contributed by atoms with Gasteiger partial charge < -0.3 is 19.9 Å². The van der Waals surface area contributed by atoms with Crippen LogP contribution in [0.2, 0.25) is 0 Å². The number of hydrogen-bond acceptors (Lipinski definition) is 6. The molecular weight excluding hydrogens is 334 g/mol. The molecule has 1 saturated heterocycles. The van der Waals surface area contributed by atoms with Crippen molar-refractivity contribution in [3.05, 3.63) is 48.4 Å². The first kappa shape index (κ1) is 17.7. The van der Waals surface area contributed by atoms with E-state index in [1.165, 1.54) is 6.33 Å². The molecule has 0 saturated carbocycles. The molecule has 1 aliphatic rings. The Balaban J connectivity index is 1.63. The second kappa shape index (κ2) is 8.28. The number of amides is 2. The molecule has 0 unspecified atom stereocenters. The van der Waals surface area contributed by atoms with Crippen molar-refractivity contribution in [3.8, 4) is 0 Å². The van der Waals surface area contributed by atoms with E-state index in [0.717, 1.165) is 0 Å². The lowest BCUT2D eigenvalue weighted by molar-refractivity contribution is 0.102. The fourth-order valence-corrected chi connectivity index (χ4v) is 2.69. The van der Waals surface area contributed by atoms with Gasteiger partial charge in [0.1, 0.15) is 17.8 Å². The van der Waals surface area contributed by atoms with E-state index in [1.54, 1.807) is 17.9 Å². The summed E-state index contributed by atoms with van der Waals surface area (Å²) in [6.45, 7) is 4.50. The second-order valence-electron chi connectivity index (χ2n) is 5.75. The summed E-state index contributed by atoms with van der Waals surface area (Å²) in [6.07, 6.45) is 1.09. The van der Waals surface area contributed by atoms with E-state index in [4.69, 9.17) is 4.74 Å². The van der Waals surface area contributed by atoms with Gasteiger partial charge in [-0.2, -0.15) is 0 Å². The molecule has 2 amide bonds. The van der Waals surface area contributed by atoms with Gasteiger partial charge in [0.2, 0.25) is 0 Å². The number of benzene rings is 1. The normalized spacial score (nSPS) is 14.0. The highest BCUT2D eigenvalue weighted by molar-refractivity contribution is 6.03. The van der Waals surface area contributed by atoms with Crippen LogP contribution in [0.3, 0.4) is 0 Å². The van der Waals surface area contributed by atoms with Crippen LogP contribution in [0.5, 0.6) is 0 Å². The number of carbonyl (C=O) groups excluding carboxylic acids is 2. The molecule has 3 rings (SSSR count). The second-order valence-corrected chi connectivity index (χ2v) is 5.75. The van der Waals surface area contributed by atoms with Crippen molar-refractivity contribution in [1.29, 1.82) is 0 Å². The van der Waals surface area contributed by atoms with Crippen molar-refractivity contribution >= 4 is 23.5 Å². The molecule has 0 radical (unpaired) electrons. The smallest absolute Gasteiger partial charge is 0.409 e. The van der Waals surface area contributed by atoms with Crippen LogP contribution in [0.15, 0.2) is 42.7 Å². The van der Waals surface area contributed by atoms with Gasteiger partial charge in [0.05, 0.1) is 6.61 Å². The van der Waals surface area contributed by atoms with Gasteiger partial charge >= 0.3 is 6.09 Å². The van der Waals surface area contributed by atoms with E-state index >= 15 is 0 Å². The third-order valence-corrected chi connectivity index (χ3v) is 4.05. The number of aromatic nitrogens is 2. The number of piperazine rings is 1. The molecule has 8 nitrogen and oxygen atoms in total. The minimum Gasteiger partial charge on any atom is -0.450 e. The fraction of sp³-hybridized carbons (Fsp3) is 0.333. The van der Waals surface area contributed by atoms with Crippen LogP contribution in [0.25, 0.3) is 0 Å². The summed E-state index contributed by atoms with van der Waals surface area (Å²) >= 11 is 0.